The molecule has 2 rings (SSSR count). The molecule has 110 valence electrons. The van der Waals surface area contributed by atoms with E-state index in [9.17, 15) is 18.7 Å². The summed E-state index contributed by atoms with van der Waals surface area (Å²) in [6.07, 6.45) is 0. The third-order valence-electron chi connectivity index (χ3n) is 2.86. The smallest absolute Gasteiger partial charge is 0.251 e. The van der Waals surface area contributed by atoms with Gasteiger partial charge in [-0.05, 0) is 25.1 Å². The van der Waals surface area contributed by atoms with Gasteiger partial charge < -0.3 is 16.2 Å². The molecule has 2 aromatic rings. The van der Waals surface area contributed by atoms with E-state index < -0.39 is 23.1 Å². The number of nitrogens with one attached hydrogen (secondary N) is 1. The summed E-state index contributed by atoms with van der Waals surface area (Å²) in [4.78, 5) is 15.1. The first kappa shape index (κ1) is 14.7. The molecular weight excluding hydrogens is 280 g/mol. The minimum Gasteiger partial charge on any atom is -0.506 e. The Bertz CT molecular complexity index is 705. The van der Waals surface area contributed by atoms with Crippen LogP contribution < -0.4 is 11.1 Å². The molecule has 0 spiro atoms. The first-order valence-corrected chi connectivity index (χ1v) is 6.06. The second-order valence-corrected chi connectivity index (χ2v) is 4.45. The number of hydrogen-bond donors (Lipinski definition) is 3. The number of aromatic hydroxyl groups is 1. The van der Waals surface area contributed by atoms with E-state index in [0.29, 0.717) is 17.5 Å². The first-order chi connectivity index (χ1) is 9.88. The van der Waals surface area contributed by atoms with Crippen LogP contribution >= 0.6 is 0 Å². The third kappa shape index (κ3) is 3.25. The fraction of sp³-hybridized carbons (Fsp3) is 0.143. The molecule has 0 unspecified atom stereocenters. The minimum atomic E-state index is -1.03. The van der Waals surface area contributed by atoms with Gasteiger partial charge in [-0.25, -0.2) is 8.78 Å². The Balaban J connectivity index is 2.25. The molecule has 0 aliphatic rings. The third-order valence-corrected chi connectivity index (χ3v) is 2.86. The molecule has 21 heavy (non-hydrogen) atoms. The van der Waals surface area contributed by atoms with Gasteiger partial charge in [-0.15, -0.1) is 0 Å². The lowest BCUT2D eigenvalue weighted by molar-refractivity contribution is 0.0996. The van der Waals surface area contributed by atoms with Crippen LogP contribution in [0.25, 0.3) is 0 Å². The number of nitrogens with two attached hydrogens (primary N) is 1. The topological polar surface area (TPSA) is 88.2 Å². The van der Waals surface area contributed by atoms with E-state index in [2.05, 4.69) is 10.3 Å². The maximum absolute atomic E-state index is 13.6. The molecule has 1 aromatic carbocycles. The summed E-state index contributed by atoms with van der Waals surface area (Å²) in [5.74, 6) is -2.94. The van der Waals surface area contributed by atoms with Gasteiger partial charge in [-0.3, -0.25) is 9.78 Å². The maximum atomic E-state index is 13.6. The van der Waals surface area contributed by atoms with Crippen LogP contribution in [-0.4, -0.2) is 16.0 Å². The number of anilines is 1. The van der Waals surface area contributed by atoms with Crippen molar-refractivity contribution in [3.8, 4) is 5.75 Å². The van der Waals surface area contributed by atoms with E-state index in [4.69, 9.17) is 5.73 Å². The van der Waals surface area contributed by atoms with E-state index in [1.807, 2.05) is 0 Å². The second kappa shape index (κ2) is 5.74. The van der Waals surface area contributed by atoms with Crippen LogP contribution in [0.2, 0.25) is 0 Å². The molecule has 5 nitrogen and oxygen atoms in total. The summed E-state index contributed by atoms with van der Waals surface area (Å²) in [6, 6.07) is 4.66. The molecule has 1 amide bonds. The van der Waals surface area contributed by atoms with Gasteiger partial charge in [0.05, 0.1) is 17.8 Å². The van der Waals surface area contributed by atoms with Crippen LogP contribution in [0.5, 0.6) is 5.75 Å². The summed E-state index contributed by atoms with van der Waals surface area (Å²) in [5.41, 5.74) is 5.47. The van der Waals surface area contributed by atoms with E-state index in [1.54, 1.807) is 13.0 Å². The molecular formula is C14H13F2N3O2. The van der Waals surface area contributed by atoms with Gasteiger partial charge >= 0.3 is 0 Å². The van der Waals surface area contributed by atoms with Crippen molar-refractivity contribution >= 4 is 11.6 Å². The number of primary amides is 1. The monoisotopic (exact) mass is 293 g/mol. The second-order valence-electron chi connectivity index (χ2n) is 4.45. The van der Waals surface area contributed by atoms with Gasteiger partial charge in [-0.2, -0.15) is 0 Å². The number of benzene rings is 1. The Morgan fingerprint density at radius 1 is 1.33 bits per heavy atom. The van der Waals surface area contributed by atoms with Crippen molar-refractivity contribution < 1.29 is 18.7 Å². The number of carbonyl (C=O) groups excluding carboxylic acids is 1. The molecule has 1 heterocycles. The summed E-state index contributed by atoms with van der Waals surface area (Å²) < 4.78 is 27.0. The molecule has 1 aromatic heterocycles. The Morgan fingerprint density at radius 3 is 2.71 bits per heavy atom. The van der Waals surface area contributed by atoms with Gasteiger partial charge in [0.15, 0.2) is 0 Å². The van der Waals surface area contributed by atoms with Crippen LogP contribution in [0.1, 0.15) is 21.7 Å². The van der Waals surface area contributed by atoms with Gasteiger partial charge in [0, 0.05) is 11.8 Å². The van der Waals surface area contributed by atoms with Gasteiger partial charge in [0.1, 0.15) is 23.1 Å². The van der Waals surface area contributed by atoms with Crippen LogP contribution in [0, 0.1) is 18.6 Å². The van der Waals surface area contributed by atoms with Crippen molar-refractivity contribution in [3.63, 3.8) is 0 Å². The minimum absolute atomic E-state index is 0.00820. The number of halogens is 2. The zero-order valence-electron chi connectivity index (χ0n) is 11.2. The number of rotatable bonds is 4. The summed E-state index contributed by atoms with van der Waals surface area (Å²) in [7, 11) is 0. The largest absolute Gasteiger partial charge is 0.506 e. The van der Waals surface area contributed by atoms with Crippen molar-refractivity contribution in [1.82, 2.24) is 4.98 Å². The van der Waals surface area contributed by atoms with Crippen LogP contribution in [0.15, 0.2) is 24.3 Å². The summed E-state index contributed by atoms with van der Waals surface area (Å²) in [6.45, 7) is 1.75. The highest BCUT2D eigenvalue weighted by Crippen LogP contribution is 2.21. The molecule has 0 fully saturated rings. The Kier molecular flexibility index (Phi) is 4.02. The SMILES string of the molecule is Cc1ccc(O)c(CNc2cc(C(N)=O)c(F)cc2F)n1. The molecule has 0 radical (unpaired) electrons. The summed E-state index contributed by atoms with van der Waals surface area (Å²) >= 11 is 0. The van der Waals surface area contributed by atoms with Crippen molar-refractivity contribution in [2.45, 2.75) is 13.5 Å². The van der Waals surface area contributed by atoms with Crippen LogP contribution in [0.3, 0.4) is 0 Å². The molecule has 0 bridgehead atoms. The standard InChI is InChI=1S/C14H13F2N3O2/c1-7-2-3-13(20)12(19-7)6-18-11-4-8(14(17)21)9(15)5-10(11)16/h2-5,18,20H,6H2,1H3,(H2,17,21). The Morgan fingerprint density at radius 2 is 2.05 bits per heavy atom. The zero-order valence-corrected chi connectivity index (χ0v) is 11.2. The predicted molar refractivity (Wildman–Crippen MR) is 72.8 cm³/mol. The van der Waals surface area contributed by atoms with Crippen molar-refractivity contribution in [2.75, 3.05) is 5.32 Å². The highest BCUT2D eigenvalue weighted by molar-refractivity contribution is 5.94. The molecule has 0 saturated heterocycles. The zero-order chi connectivity index (χ0) is 15.6. The Hall–Kier alpha value is -2.70. The quantitative estimate of drug-likeness (QED) is 0.805. The number of pyridine rings is 1. The number of carbonyl (C=O) groups is 1. The lowest BCUT2D eigenvalue weighted by atomic mass is 10.1. The summed E-state index contributed by atoms with van der Waals surface area (Å²) in [5, 5.41) is 12.3. The van der Waals surface area contributed by atoms with Gasteiger partial charge in [0.25, 0.3) is 5.91 Å². The molecule has 4 N–H and O–H groups in total. The molecule has 0 atom stereocenters. The number of aryl methyl sites for hydroxylation is 1. The van der Waals surface area contributed by atoms with Crippen LogP contribution in [0.4, 0.5) is 14.5 Å². The van der Waals surface area contributed by atoms with Gasteiger partial charge in [-0.1, -0.05) is 0 Å². The molecule has 0 aliphatic heterocycles. The van der Waals surface area contributed by atoms with Crippen molar-refractivity contribution in [2.24, 2.45) is 5.73 Å². The lowest BCUT2D eigenvalue weighted by Crippen LogP contribution is -2.14. The van der Waals surface area contributed by atoms with E-state index in [1.165, 1.54) is 6.07 Å². The van der Waals surface area contributed by atoms with Crippen LogP contribution in [-0.2, 0) is 6.54 Å². The van der Waals surface area contributed by atoms with E-state index >= 15 is 0 Å². The van der Waals surface area contributed by atoms with Crippen molar-refractivity contribution in [3.05, 3.63) is 52.9 Å². The first-order valence-electron chi connectivity index (χ1n) is 6.06. The van der Waals surface area contributed by atoms with Gasteiger partial charge in [0.2, 0.25) is 0 Å². The molecule has 0 aliphatic carbocycles. The maximum Gasteiger partial charge on any atom is 0.251 e. The normalized spacial score (nSPS) is 10.4. The highest BCUT2D eigenvalue weighted by Gasteiger charge is 2.14. The van der Waals surface area contributed by atoms with E-state index in [0.717, 1.165) is 6.07 Å². The average molecular weight is 293 g/mol. The predicted octanol–water partition coefficient (Wildman–Crippen LogP) is 2.08. The lowest BCUT2D eigenvalue weighted by Gasteiger charge is -2.10. The van der Waals surface area contributed by atoms with E-state index in [-0.39, 0.29) is 18.0 Å². The molecule has 0 saturated carbocycles. The van der Waals surface area contributed by atoms with Crippen molar-refractivity contribution in [1.29, 1.82) is 0 Å². The molecule has 7 heteroatoms. The fourth-order valence-electron chi connectivity index (χ4n) is 1.79. The number of nitrogens with zero attached hydrogens (tertiary/aromatic N) is 1. The Labute approximate surface area is 119 Å². The fourth-order valence-corrected chi connectivity index (χ4v) is 1.79. The number of hydrogen-bond acceptors (Lipinski definition) is 4. The number of aromatic nitrogens is 1. The highest BCUT2D eigenvalue weighted by atomic mass is 19.1. The average Bonchev–Trinajstić information content (AvgIpc) is 2.41. The number of amides is 1.